The lowest BCUT2D eigenvalue weighted by Crippen LogP contribution is -2.54. The molecule has 1 atom stereocenters. The van der Waals surface area contributed by atoms with Gasteiger partial charge in [0.15, 0.2) is 0 Å². The molecule has 0 aliphatic rings. The number of benzene rings is 1. The minimum Gasteiger partial charge on any atom is -0.466 e. The number of hydrogen-bond donors (Lipinski definition) is 1. The van der Waals surface area contributed by atoms with E-state index < -0.39 is 0 Å². The Morgan fingerprint density at radius 3 is 2.69 bits per heavy atom. The lowest BCUT2D eigenvalue weighted by Gasteiger charge is -2.09. The van der Waals surface area contributed by atoms with Gasteiger partial charge < -0.3 is 10.5 Å². The van der Waals surface area contributed by atoms with Gasteiger partial charge in [0.1, 0.15) is 12.5 Å². The molecule has 0 fully saturated rings. The molecule has 0 saturated heterocycles. The fourth-order valence-corrected chi connectivity index (χ4v) is 1.61. The minimum atomic E-state index is -0.256. The first-order valence-electron chi connectivity index (χ1n) is 4.98. The predicted octanol–water partition coefficient (Wildman–Crippen LogP) is 2.23. The molecular formula is C11H14Cl2NO2+. The highest BCUT2D eigenvalue weighted by molar-refractivity contribution is 6.42. The average molecular weight is 263 g/mol. The summed E-state index contributed by atoms with van der Waals surface area (Å²) in [6.45, 7) is 2.15. The molecule has 0 bridgehead atoms. The Morgan fingerprint density at radius 1 is 1.44 bits per heavy atom. The second-order valence-electron chi connectivity index (χ2n) is 3.38. The molecule has 1 rings (SSSR count). The lowest BCUT2D eigenvalue weighted by atomic mass is 10.1. The van der Waals surface area contributed by atoms with Crippen LogP contribution in [0.2, 0.25) is 10.0 Å². The molecule has 5 heteroatoms. The molecule has 0 radical (unpaired) electrons. The summed E-state index contributed by atoms with van der Waals surface area (Å²) in [5.74, 6) is -0.256. The maximum atomic E-state index is 11.3. The maximum Gasteiger partial charge on any atom is 0.312 e. The van der Waals surface area contributed by atoms with Crippen molar-refractivity contribution < 1.29 is 15.3 Å². The first-order chi connectivity index (χ1) is 7.54. The van der Waals surface area contributed by atoms with Crippen LogP contribution in [-0.2, 0) is 9.53 Å². The summed E-state index contributed by atoms with van der Waals surface area (Å²) in [6, 6.07) is 5.06. The minimum absolute atomic E-state index is 0.172. The Hall–Kier alpha value is -0.770. The molecule has 1 aromatic carbocycles. The Labute approximate surface area is 104 Å². The molecule has 0 amide bonds. The summed E-state index contributed by atoms with van der Waals surface area (Å²) in [6.07, 6.45) is 0.242. The summed E-state index contributed by atoms with van der Waals surface area (Å²) in [7, 11) is 0. The molecule has 0 spiro atoms. The van der Waals surface area contributed by atoms with Crippen molar-refractivity contribution >= 4 is 29.2 Å². The lowest BCUT2D eigenvalue weighted by molar-refractivity contribution is -0.425. The SMILES string of the molecule is CCOC(=O)CC([NH3+])c1ccc(Cl)c(Cl)c1. The highest BCUT2D eigenvalue weighted by Gasteiger charge is 2.16. The van der Waals surface area contributed by atoms with E-state index in [1.54, 1.807) is 19.1 Å². The fourth-order valence-electron chi connectivity index (χ4n) is 1.31. The Balaban J connectivity index is 2.69. The van der Waals surface area contributed by atoms with Crippen molar-refractivity contribution in [3.05, 3.63) is 33.8 Å². The van der Waals surface area contributed by atoms with Crippen molar-refractivity contribution in [3.8, 4) is 0 Å². The van der Waals surface area contributed by atoms with Crippen LogP contribution in [0.15, 0.2) is 18.2 Å². The van der Waals surface area contributed by atoms with Crippen molar-refractivity contribution in [2.45, 2.75) is 19.4 Å². The summed E-state index contributed by atoms with van der Waals surface area (Å²) < 4.78 is 4.85. The fraction of sp³-hybridized carbons (Fsp3) is 0.364. The Kier molecular flexibility index (Phi) is 5.06. The molecule has 0 aromatic heterocycles. The van der Waals surface area contributed by atoms with Crippen LogP contribution in [0, 0.1) is 0 Å². The number of rotatable bonds is 4. The van der Waals surface area contributed by atoms with Crippen molar-refractivity contribution in [1.29, 1.82) is 0 Å². The van der Waals surface area contributed by atoms with Crippen LogP contribution < -0.4 is 5.73 Å². The Morgan fingerprint density at radius 2 is 2.12 bits per heavy atom. The van der Waals surface area contributed by atoms with Gasteiger partial charge in [-0.25, -0.2) is 0 Å². The molecule has 0 aliphatic heterocycles. The zero-order chi connectivity index (χ0) is 12.1. The molecule has 0 heterocycles. The molecular weight excluding hydrogens is 249 g/mol. The van der Waals surface area contributed by atoms with Gasteiger partial charge in [-0.3, -0.25) is 4.79 Å². The van der Waals surface area contributed by atoms with E-state index in [9.17, 15) is 4.79 Å². The van der Waals surface area contributed by atoms with Gasteiger partial charge in [0.05, 0.1) is 16.7 Å². The summed E-state index contributed by atoms with van der Waals surface area (Å²) >= 11 is 11.7. The van der Waals surface area contributed by atoms with E-state index in [1.807, 2.05) is 6.07 Å². The third-order valence-electron chi connectivity index (χ3n) is 2.13. The smallest absolute Gasteiger partial charge is 0.312 e. The normalized spacial score (nSPS) is 12.2. The van der Waals surface area contributed by atoms with E-state index in [-0.39, 0.29) is 18.4 Å². The maximum absolute atomic E-state index is 11.3. The average Bonchev–Trinajstić information content (AvgIpc) is 2.22. The monoisotopic (exact) mass is 262 g/mol. The third-order valence-corrected chi connectivity index (χ3v) is 2.87. The number of halogens is 2. The Bertz CT molecular complexity index is 382. The molecule has 0 saturated carbocycles. The molecule has 0 aliphatic carbocycles. The van der Waals surface area contributed by atoms with Gasteiger partial charge in [0.25, 0.3) is 0 Å². The molecule has 88 valence electrons. The van der Waals surface area contributed by atoms with Gasteiger partial charge in [0, 0.05) is 5.56 Å². The van der Waals surface area contributed by atoms with Crippen LogP contribution in [0.5, 0.6) is 0 Å². The number of carbonyl (C=O) groups excluding carboxylic acids is 1. The third kappa shape index (κ3) is 3.67. The summed E-state index contributed by atoms with van der Waals surface area (Å²) in [4.78, 5) is 11.3. The van der Waals surface area contributed by atoms with E-state index in [2.05, 4.69) is 5.73 Å². The van der Waals surface area contributed by atoms with E-state index in [0.717, 1.165) is 5.56 Å². The predicted molar refractivity (Wildman–Crippen MR) is 63.3 cm³/mol. The van der Waals surface area contributed by atoms with E-state index >= 15 is 0 Å². The van der Waals surface area contributed by atoms with Crippen molar-refractivity contribution in [3.63, 3.8) is 0 Å². The van der Waals surface area contributed by atoms with Crippen LogP contribution in [0.1, 0.15) is 24.9 Å². The van der Waals surface area contributed by atoms with E-state index in [4.69, 9.17) is 27.9 Å². The highest BCUT2D eigenvalue weighted by atomic mass is 35.5. The number of esters is 1. The van der Waals surface area contributed by atoms with Crippen LogP contribution >= 0.6 is 23.2 Å². The summed E-state index contributed by atoms with van der Waals surface area (Å²) in [5, 5.41) is 0.963. The van der Waals surface area contributed by atoms with Gasteiger partial charge in [-0.15, -0.1) is 0 Å². The van der Waals surface area contributed by atoms with Gasteiger partial charge in [-0.05, 0) is 19.1 Å². The van der Waals surface area contributed by atoms with Gasteiger partial charge in [-0.2, -0.15) is 0 Å². The topological polar surface area (TPSA) is 53.9 Å². The quantitative estimate of drug-likeness (QED) is 0.847. The number of hydrogen-bond acceptors (Lipinski definition) is 2. The van der Waals surface area contributed by atoms with Gasteiger partial charge >= 0.3 is 5.97 Å². The first kappa shape index (κ1) is 13.3. The first-order valence-corrected chi connectivity index (χ1v) is 5.73. The second kappa shape index (κ2) is 6.09. The molecule has 1 unspecified atom stereocenters. The van der Waals surface area contributed by atoms with Gasteiger partial charge in [-0.1, -0.05) is 29.3 Å². The van der Waals surface area contributed by atoms with E-state index in [0.29, 0.717) is 16.7 Å². The molecule has 3 nitrogen and oxygen atoms in total. The zero-order valence-corrected chi connectivity index (χ0v) is 10.5. The van der Waals surface area contributed by atoms with Crippen LogP contribution in [-0.4, -0.2) is 12.6 Å². The van der Waals surface area contributed by atoms with Crippen LogP contribution in [0.25, 0.3) is 0 Å². The van der Waals surface area contributed by atoms with Crippen LogP contribution in [0.4, 0.5) is 0 Å². The number of carbonyl (C=O) groups is 1. The molecule has 16 heavy (non-hydrogen) atoms. The second-order valence-corrected chi connectivity index (χ2v) is 4.19. The van der Waals surface area contributed by atoms with Crippen molar-refractivity contribution in [1.82, 2.24) is 0 Å². The van der Waals surface area contributed by atoms with Crippen molar-refractivity contribution in [2.75, 3.05) is 6.61 Å². The van der Waals surface area contributed by atoms with Crippen LogP contribution in [0.3, 0.4) is 0 Å². The van der Waals surface area contributed by atoms with Crippen molar-refractivity contribution in [2.24, 2.45) is 0 Å². The largest absolute Gasteiger partial charge is 0.466 e. The van der Waals surface area contributed by atoms with Gasteiger partial charge in [0.2, 0.25) is 0 Å². The molecule has 3 N–H and O–H groups in total. The standard InChI is InChI=1S/C11H13Cl2NO2/c1-2-16-11(15)6-10(14)7-3-4-8(12)9(13)5-7/h3-5,10H,2,6,14H2,1H3/p+1. The molecule has 1 aromatic rings. The zero-order valence-electron chi connectivity index (χ0n) is 9.00. The van der Waals surface area contributed by atoms with E-state index in [1.165, 1.54) is 0 Å². The number of ether oxygens (including phenoxy) is 1. The highest BCUT2D eigenvalue weighted by Crippen LogP contribution is 2.25. The number of quaternary nitrogens is 1. The summed E-state index contributed by atoms with van der Waals surface area (Å²) in [5.41, 5.74) is 4.78.